The zero-order valence-electron chi connectivity index (χ0n) is 8.70. The van der Waals surface area contributed by atoms with Gasteiger partial charge in [0, 0.05) is 13.2 Å². The normalized spacial score (nSPS) is 42.9. The van der Waals surface area contributed by atoms with E-state index >= 15 is 0 Å². The van der Waals surface area contributed by atoms with Crippen LogP contribution in [0.1, 0.15) is 32.6 Å². The van der Waals surface area contributed by atoms with Gasteiger partial charge in [-0.15, -0.1) is 0 Å². The maximum atomic E-state index is 10.6. The van der Waals surface area contributed by atoms with Gasteiger partial charge in [0.1, 0.15) is 12.4 Å². The van der Waals surface area contributed by atoms with E-state index in [1.54, 1.807) is 0 Å². The van der Waals surface area contributed by atoms with Crippen molar-refractivity contribution in [3.8, 4) is 0 Å². The van der Waals surface area contributed by atoms with Crippen LogP contribution in [0.5, 0.6) is 0 Å². The Labute approximate surface area is 84.8 Å². The van der Waals surface area contributed by atoms with Crippen LogP contribution in [0.4, 0.5) is 0 Å². The average Bonchev–Trinajstić information content (AvgIpc) is 2.76. The van der Waals surface area contributed by atoms with Gasteiger partial charge in [0.2, 0.25) is 0 Å². The number of carbonyl (C=O) groups excluding carboxylic acids is 1. The third kappa shape index (κ3) is 2.15. The second-order valence-electron chi connectivity index (χ2n) is 4.71. The molecule has 0 aliphatic carbocycles. The summed E-state index contributed by atoms with van der Waals surface area (Å²) in [6.45, 7) is 3.87. The molecule has 0 radical (unpaired) electrons. The number of hydrogen-bond acceptors (Lipinski definition) is 3. The van der Waals surface area contributed by atoms with Crippen LogP contribution in [0, 0.1) is 5.92 Å². The van der Waals surface area contributed by atoms with Gasteiger partial charge in [-0.3, -0.25) is 0 Å². The molecule has 0 spiro atoms. The van der Waals surface area contributed by atoms with Gasteiger partial charge in [-0.2, -0.15) is 0 Å². The Kier molecular flexibility index (Phi) is 2.88. The van der Waals surface area contributed by atoms with Crippen molar-refractivity contribution in [1.29, 1.82) is 0 Å². The lowest BCUT2D eigenvalue weighted by atomic mass is 9.89. The zero-order valence-corrected chi connectivity index (χ0v) is 8.70. The van der Waals surface area contributed by atoms with Crippen LogP contribution in [0.3, 0.4) is 0 Å². The van der Waals surface area contributed by atoms with E-state index in [-0.39, 0.29) is 11.7 Å². The molecule has 3 atom stereocenters. The topological polar surface area (TPSA) is 35.5 Å². The van der Waals surface area contributed by atoms with Crippen LogP contribution < -0.4 is 0 Å². The Hall–Kier alpha value is -0.410. The minimum Gasteiger partial charge on any atom is -0.381 e. The summed E-state index contributed by atoms with van der Waals surface area (Å²) in [7, 11) is 0. The molecule has 3 unspecified atom stereocenters. The molecule has 2 saturated heterocycles. The predicted molar refractivity (Wildman–Crippen MR) is 52.1 cm³/mol. The fourth-order valence-corrected chi connectivity index (χ4v) is 2.53. The van der Waals surface area contributed by atoms with Gasteiger partial charge >= 0.3 is 0 Å². The van der Waals surface area contributed by atoms with Gasteiger partial charge in [-0.1, -0.05) is 0 Å². The van der Waals surface area contributed by atoms with Crippen molar-refractivity contribution >= 4 is 6.29 Å². The molecule has 0 aromatic heterocycles. The summed E-state index contributed by atoms with van der Waals surface area (Å²) in [5.74, 6) is 0.630. The molecule has 2 aliphatic heterocycles. The lowest BCUT2D eigenvalue weighted by Gasteiger charge is -2.26. The van der Waals surface area contributed by atoms with Gasteiger partial charge in [0.15, 0.2) is 0 Å². The first kappa shape index (κ1) is 10.1. The molecule has 0 N–H and O–H groups in total. The van der Waals surface area contributed by atoms with Crippen LogP contribution >= 0.6 is 0 Å². The maximum absolute atomic E-state index is 10.6. The molecule has 80 valence electrons. The van der Waals surface area contributed by atoms with E-state index in [0.29, 0.717) is 5.92 Å². The average molecular weight is 198 g/mol. The van der Waals surface area contributed by atoms with Gasteiger partial charge in [0.05, 0.1) is 5.60 Å². The van der Waals surface area contributed by atoms with Crippen molar-refractivity contribution in [2.24, 2.45) is 5.92 Å². The van der Waals surface area contributed by atoms with Gasteiger partial charge in [0.25, 0.3) is 0 Å². The van der Waals surface area contributed by atoms with Gasteiger partial charge in [-0.05, 0) is 38.5 Å². The lowest BCUT2D eigenvalue weighted by Crippen LogP contribution is -2.28. The minimum atomic E-state index is -0.165. The van der Waals surface area contributed by atoms with Crippen LogP contribution in [0.2, 0.25) is 0 Å². The molecule has 3 heteroatoms. The molecule has 2 aliphatic rings. The molecule has 3 nitrogen and oxygen atoms in total. The van der Waals surface area contributed by atoms with E-state index in [9.17, 15) is 4.79 Å². The summed E-state index contributed by atoms with van der Waals surface area (Å²) >= 11 is 0. The highest BCUT2D eigenvalue weighted by molar-refractivity contribution is 5.56. The third-order valence-electron chi connectivity index (χ3n) is 3.29. The Balaban J connectivity index is 1.86. The second kappa shape index (κ2) is 3.99. The number of carbonyl (C=O) groups is 1. The minimum absolute atomic E-state index is 0.0794. The standard InChI is InChI=1S/C11H18O3/c1-11(4-2-10(7-12)14-11)6-9-3-5-13-8-9/h7,9-10H,2-6,8H2,1H3. The summed E-state index contributed by atoms with van der Waals surface area (Å²) < 4.78 is 11.1. The molecular weight excluding hydrogens is 180 g/mol. The van der Waals surface area contributed by atoms with E-state index in [2.05, 4.69) is 6.92 Å². The number of ether oxygens (including phenoxy) is 2. The highest BCUT2D eigenvalue weighted by Crippen LogP contribution is 2.36. The first-order valence-electron chi connectivity index (χ1n) is 5.43. The predicted octanol–water partition coefficient (Wildman–Crippen LogP) is 1.55. The van der Waals surface area contributed by atoms with Crippen molar-refractivity contribution in [2.75, 3.05) is 13.2 Å². The molecule has 0 aromatic carbocycles. The summed E-state index contributed by atoms with van der Waals surface area (Å²) in [6.07, 6.45) is 4.83. The molecule has 14 heavy (non-hydrogen) atoms. The Morgan fingerprint density at radius 1 is 1.50 bits per heavy atom. The number of aldehydes is 1. The van der Waals surface area contributed by atoms with Crippen LogP contribution in [0.15, 0.2) is 0 Å². The van der Waals surface area contributed by atoms with Crippen LogP contribution in [0.25, 0.3) is 0 Å². The summed E-state index contributed by atoms with van der Waals surface area (Å²) in [5.41, 5.74) is -0.0794. The molecule has 2 heterocycles. The molecule has 2 fully saturated rings. The molecular formula is C11H18O3. The largest absolute Gasteiger partial charge is 0.381 e. The second-order valence-corrected chi connectivity index (χ2v) is 4.71. The quantitative estimate of drug-likeness (QED) is 0.645. The molecule has 0 aromatic rings. The fraction of sp³-hybridized carbons (Fsp3) is 0.909. The first-order valence-corrected chi connectivity index (χ1v) is 5.43. The Morgan fingerprint density at radius 3 is 2.93 bits per heavy atom. The van der Waals surface area contributed by atoms with Crippen molar-refractivity contribution in [3.05, 3.63) is 0 Å². The van der Waals surface area contributed by atoms with Crippen LogP contribution in [-0.4, -0.2) is 31.2 Å². The summed E-state index contributed by atoms with van der Waals surface area (Å²) in [4.78, 5) is 10.6. The first-order chi connectivity index (χ1) is 6.72. The van der Waals surface area contributed by atoms with Gasteiger partial charge in [-0.25, -0.2) is 0 Å². The van der Waals surface area contributed by atoms with Crippen molar-refractivity contribution < 1.29 is 14.3 Å². The SMILES string of the molecule is CC1(CC2CCOC2)CCC(C=O)O1. The maximum Gasteiger partial charge on any atom is 0.148 e. The molecule has 0 amide bonds. The fourth-order valence-electron chi connectivity index (χ4n) is 2.53. The lowest BCUT2D eigenvalue weighted by molar-refractivity contribution is -0.122. The zero-order chi connectivity index (χ0) is 10.0. The Bertz CT molecular complexity index is 211. The van der Waals surface area contributed by atoms with Crippen LogP contribution in [-0.2, 0) is 14.3 Å². The molecule has 2 rings (SSSR count). The van der Waals surface area contributed by atoms with Crippen molar-refractivity contribution in [1.82, 2.24) is 0 Å². The number of rotatable bonds is 3. The van der Waals surface area contributed by atoms with Gasteiger partial charge < -0.3 is 14.3 Å². The summed E-state index contributed by atoms with van der Waals surface area (Å²) in [5, 5.41) is 0. The molecule has 0 saturated carbocycles. The van der Waals surface area contributed by atoms with E-state index in [4.69, 9.17) is 9.47 Å². The monoisotopic (exact) mass is 198 g/mol. The van der Waals surface area contributed by atoms with E-state index in [1.807, 2.05) is 0 Å². The third-order valence-corrected chi connectivity index (χ3v) is 3.29. The number of hydrogen-bond donors (Lipinski definition) is 0. The highest BCUT2D eigenvalue weighted by atomic mass is 16.5. The van der Waals surface area contributed by atoms with E-state index in [1.165, 1.54) is 0 Å². The van der Waals surface area contributed by atoms with E-state index in [0.717, 1.165) is 45.2 Å². The summed E-state index contributed by atoms with van der Waals surface area (Å²) in [6, 6.07) is 0. The smallest absolute Gasteiger partial charge is 0.148 e. The van der Waals surface area contributed by atoms with Crippen molar-refractivity contribution in [2.45, 2.75) is 44.3 Å². The van der Waals surface area contributed by atoms with E-state index < -0.39 is 0 Å². The molecule has 0 bridgehead atoms. The van der Waals surface area contributed by atoms with Crippen molar-refractivity contribution in [3.63, 3.8) is 0 Å². The Morgan fingerprint density at radius 2 is 2.36 bits per heavy atom. The highest BCUT2D eigenvalue weighted by Gasteiger charge is 2.38.